The van der Waals surface area contributed by atoms with E-state index in [1.54, 1.807) is 6.08 Å². The minimum absolute atomic E-state index is 0. The standard InChI is InChI=1S/C40H50N.C19H32O2.Ir/c1-26-18-27(2)36-32(28-14-16-40(17-15-28)24-38(6,7)23-39(8,9)25-40)22-34(41-35(36)19-26)30-20-29-12-10-11-13-31(29)33(21-30)37(3,4)5;1-18(2)9-5-14(6-10-18)16(20)13-17(21)15-7-11-19(3,4)12-8-15;/h10-13,18-19,21-22,28H,14-17,23-25H2,1-9H3;13-15,20H,5-12H2,1-4H3;/q-1;;/b;16-13-;. The van der Waals surface area contributed by atoms with Crippen molar-refractivity contribution in [3.63, 3.8) is 0 Å². The molecule has 345 valence electrons. The summed E-state index contributed by atoms with van der Waals surface area (Å²) in [4.78, 5) is 17.7. The van der Waals surface area contributed by atoms with Gasteiger partial charge < -0.3 is 5.11 Å². The van der Waals surface area contributed by atoms with Gasteiger partial charge in [0, 0.05) is 49.1 Å². The Bertz CT molecular complexity index is 2270. The molecule has 1 radical (unpaired) electrons. The van der Waals surface area contributed by atoms with Crippen LogP contribution in [-0.2, 0) is 30.3 Å². The van der Waals surface area contributed by atoms with Crippen LogP contribution in [0, 0.1) is 58.8 Å². The largest absolute Gasteiger partial charge is 0.512 e. The van der Waals surface area contributed by atoms with Crippen LogP contribution in [0.25, 0.3) is 32.9 Å². The van der Waals surface area contributed by atoms with Crippen molar-refractivity contribution in [2.24, 2.45) is 38.9 Å². The fourth-order valence-electron chi connectivity index (χ4n) is 13.4. The van der Waals surface area contributed by atoms with E-state index in [9.17, 15) is 9.90 Å². The monoisotopic (exact) mass is 1030 g/mol. The molecule has 4 aromatic rings. The van der Waals surface area contributed by atoms with Crippen LogP contribution in [-0.4, -0.2) is 15.9 Å². The van der Waals surface area contributed by atoms with Crippen molar-refractivity contribution in [2.75, 3.05) is 0 Å². The quantitative estimate of drug-likeness (QED) is 0.123. The van der Waals surface area contributed by atoms with Gasteiger partial charge in [0.05, 0.1) is 11.3 Å². The summed E-state index contributed by atoms with van der Waals surface area (Å²) >= 11 is 0. The maximum atomic E-state index is 12.4. The van der Waals surface area contributed by atoms with Crippen LogP contribution in [0.1, 0.15) is 201 Å². The van der Waals surface area contributed by atoms with Crippen molar-refractivity contribution in [1.29, 1.82) is 0 Å². The van der Waals surface area contributed by atoms with Gasteiger partial charge in [-0.1, -0.05) is 117 Å². The van der Waals surface area contributed by atoms with E-state index in [0.717, 1.165) is 68.1 Å². The minimum Gasteiger partial charge on any atom is -0.512 e. The third-order valence-electron chi connectivity index (χ3n) is 16.1. The molecule has 1 heterocycles. The third-order valence-corrected chi connectivity index (χ3v) is 16.1. The van der Waals surface area contributed by atoms with Gasteiger partial charge in [0.1, 0.15) is 0 Å². The van der Waals surface area contributed by atoms with Gasteiger partial charge in [0.15, 0.2) is 5.78 Å². The number of allylic oxidation sites excluding steroid dienone is 2. The van der Waals surface area contributed by atoms with Crippen LogP contribution in [0.15, 0.2) is 60.4 Å². The first kappa shape index (κ1) is 49.6. The number of hydrogen-bond acceptors (Lipinski definition) is 3. The molecular weight excluding hydrogens is 947 g/mol. The second kappa shape index (κ2) is 18.5. The van der Waals surface area contributed by atoms with Crippen molar-refractivity contribution in [2.45, 2.75) is 198 Å². The first-order valence-electron chi connectivity index (χ1n) is 24.6. The number of carbonyl (C=O) groups is 1. The van der Waals surface area contributed by atoms with Gasteiger partial charge in [-0.15, -0.1) is 29.1 Å². The smallest absolute Gasteiger partial charge is 0.162 e. The molecule has 63 heavy (non-hydrogen) atoms. The van der Waals surface area contributed by atoms with E-state index < -0.39 is 0 Å². The predicted molar refractivity (Wildman–Crippen MR) is 264 cm³/mol. The van der Waals surface area contributed by atoms with E-state index in [1.165, 1.54) is 83.4 Å². The number of ketones is 1. The molecule has 1 aromatic heterocycles. The Labute approximate surface area is 396 Å². The maximum absolute atomic E-state index is 12.4. The van der Waals surface area contributed by atoms with Gasteiger partial charge in [-0.25, -0.2) is 0 Å². The molecule has 0 aliphatic heterocycles. The number of hydrogen-bond donors (Lipinski definition) is 1. The normalized spacial score (nSPS) is 22.6. The Balaban J connectivity index is 0.000000254. The SMILES string of the molecule is CC1(C)CCC(C(=O)/C=C(\O)C2CCC(C)(C)CC2)CC1.Cc1cc(C)c2c(C3CCC4(CC3)CC(C)(C)CC(C)(C)C4)cc(-c3[c-]c4ccccc4c(C(C)(C)C)c3)nc2c1.[Ir]. The molecular formula is C59H82IrNO2-. The number of fused-ring (bicyclic) bond motifs is 2. The van der Waals surface area contributed by atoms with Gasteiger partial charge >= 0.3 is 0 Å². The first-order valence-corrected chi connectivity index (χ1v) is 24.6. The zero-order valence-electron chi connectivity index (χ0n) is 41.7. The van der Waals surface area contributed by atoms with Crippen molar-refractivity contribution >= 4 is 27.5 Å². The average molecular weight is 1030 g/mol. The molecule has 1 spiro atoms. The number of nitrogens with zero attached hydrogens (tertiary/aromatic N) is 1. The van der Waals surface area contributed by atoms with Gasteiger partial charge in [-0.2, -0.15) is 0 Å². The summed E-state index contributed by atoms with van der Waals surface area (Å²) in [6.07, 6.45) is 19.5. The van der Waals surface area contributed by atoms with E-state index in [1.807, 2.05) is 0 Å². The minimum atomic E-state index is 0. The van der Waals surface area contributed by atoms with Crippen LogP contribution < -0.4 is 0 Å². The fraction of sp³-hybridized carbons (Fsp3) is 0.627. The molecule has 8 rings (SSSR count). The molecule has 4 aliphatic rings. The van der Waals surface area contributed by atoms with Crippen molar-refractivity contribution in [1.82, 2.24) is 4.98 Å². The molecule has 0 unspecified atom stereocenters. The average Bonchev–Trinajstić information content (AvgIpc) is 3.15. The van der Waals surface area contributed by atoms with Crippen LogP contribution in [0.3, 0.4) is 0 Å². The zero-order chi connectivity index (χ0) is 45.0. The van der Waals surface area contributed by atoms with Gasteiger partial charge in [0.25, 0.3) is 0 Å². The topological polar surface area (TPSA) is 50.2 Å². The van der Waals surface area contributed by atoms with Gasteiger partial charge in [-0.05, 0) is 171 Å². The Morgan fingerprint density at radius 3 is 1.84 bits per heavy atom. The number of aryl methyl sites for hydroxylation is 2. The second-order valence-electron chi connectivity index (χ2n) is 25.4. The number of aliphatic hydroxyl groups is 1. The number of carbonyl (C=O) groups excluding carboxylic acids is 1. The molecule has 4 heteroatoms. The molecule has 0 atom stereocenters. The number of aromatic nitrogens is 1. The Hall–Kier alpha value is -2.81. The summed E-state index contributed by atoms with van der Waals surface area (Å²) in [6, 6.07) is 22.0. The van der Waals surface area contributed by atoms with E-state index in [4.69, 9.17) is 4.98 Å². The summed E-state index contributed by atoms with van der Waals surface area (Å²) in [5.74, 6) is 1.44. The summed E-state index contributed by atoms with van der Waals surface area (Å²) in [6.45, 7) is 30.7. The molecule has 0 amide bonds. The summed E-state index contributed by atoms with van der Waals surface area (Å²) in [7, 11) is 0. The molecule has 0 bridgehead atoms. The van der Waals surface area contributed by atoms with Crippen molar-refractivity contribution < 1.29 is 30.0 Å². The number of aliphatic hydroxyl groups excluding tert-OH is 1. The van der Waals surface area contributed by atoms with Crippen LogP contribution >= 0.6 is 0 Å². The number of rotatable bonds is 5. The molecule has 3 nitrogen and oxygen atoms in total. The predicted octanol–water partition coefficient (Wildman–Crippen LogP) is 17.1. The Kier molecular flexibility index (Phi) is 14.5. The molecule has 4 saturated carbocycles. The molecule has 3 aromatic carbocycles. The van der Waals surface area contributed by atoms with E-state index in [2.05, 4.69) is 145 Å². The Morgan fingerprint density at radius 1 is 0.714 bits per heavy atom. The van der Waals surface area contributed by atoms with Crippen LogP contribution in [0.4, 0.5) is 0 Å². The van der Waals surface area contributed by atoms with Gasteiger partial charge in [0.2, 0.25) is 0 Å². The van der Waals surface area contributed by atoms with E-state index >= 15 is 0 Å². The van der Waals surface area contributed by atoms with Crippen molar-refractivity contribution in [3.05, 3.63) is 88.7 Å². The second-order valence-corrected chi connectivity index (χ2v) is 25.4. The Morgan fingerprint density at radius 2 is 1.27 bits per heavy atom. The molecule has 0 saturated heterocycles. The van der Waals surface area contributed by atoms with E-state index in [0.29, 0.717) is 38.8 Å². The number of pyridine rings is 1. The summed E-state index contributed by atoms with van der Waals surface area (Å²) < 4.78 is 0. The van der Waals surface area contributed by atoms with E-state index in [-0.39, 0.29) is 43.1 Å². The third kappa shape index (κ3) is 11.8. The maximum Gasteiger partial charge on any atom is 0.162 e. The number of benzene rings is 3. The fourth-order valence-corrected chi connectivity index (χ4v) is 13.4. The zero-order valence-corrected chi connectivity index (χ0v) is 44.1. The molecule has 4 fully saturated rings. The molecule has 4 aliphatic carbocycles. The first-order chi connectivity index (χ1) is 28.8. The summed E-state index contributed by atoms with van der Waals surface area (Å²) in [5, 5.41) is 14.2. The molecule has 1 N–H and O–H groups in total. The van der Waals surface area contributed by atoms with Gasteiger partial charge in [-0.3, -0.25) is 9.78 Å². The van der Waals surface area contributed by atoms with Crippen molar-refractivity contribution in [3.8, 4) is 11.3 Å². The van der Waals surface area contributed by atoms with Crippen LogP contribution in [0.5, 0.6) is 0 Å². The summed E-state index contributed by atoms with van der Waals surface area (Å²) in [5.41, 5.74) is 11.1. The van der Waals surface area contributed by atoms with Crippen LogP contribution in [0.2, 0.25) is 0 Å².